The molecule has 2 aliphatic heterocycles. The lowest BCUT2D eigenvalue weighted by atomic mass is 9.91. The highest BCUT2D eigenvalue weighted by atomic mass is 32.1. The summed E-state index contributed by atoms with van der Waals surface area (Å²) in [4.78, 5) is 27.6. The molecular weight excluding hydrogens is 310 g/mol. The summed E-state index contributed by atoms with van der Waals surface area (Å²) < 4.78 is 0. The van der Waals surface area contributed by atoms with Gasteiger partial charge in [-0.2, -0.15) is 0 Å². The van der Waals surface area contributed by atoms with E-state index in [4.69, 9.17) is 0 Å². The first-order valence-corrected chi connectivity index (χ1v) is 8.39. The average molecular weight is 327 g/mol. The average Bonchev–Trinajstić information content (AvgIpc) is 3.09. The summed E-state index contributed by atoms with van der Waals surface area (Å²) in [7, 11) is 0. The minimum absolute atomic E-state index is 0.0482. The molecule has 3 heterocycles. The molecule has 0 aliphatic carbocycles. The van der Waals surface area contributed by atoms with Crippen LogP contribution in [0.5, 0.6) is 0 Å². The van der Waals surface area contributed by atoms with Crippen LogP contribution in [0.25, 0.3) is 10.4 Å². The zero-order chi connectivity index (χ0) is 16.0. The standard InChI is InChI=1S/C17H17N3O2S/c1-11-7-13(23-14(11)12-5-3-2-4-6-12)15(21)20-9-17(10-20)8-18-16(22)19-17/h2-7H,8-10H2,1H3,(H2,18,19,22). The van der Waals surface area contributed by atoms with Gasteiger partial charge in [0.2, 0.25) is 0 Å². The zero-order valence-electron chi connectivity index (χ0n) is 12.8. The highest BCUT2D eigenvalue weighted by Gasteiger charge is 2.49. The number of nitrogens with one attached hydrogen (secondary N) is 2. The van der Waals surface area contributed by atoms with Gasteiger partial charge < -0.3 is 15.5 Å². The monoisotopic (exact) mass is 327 g/mol. The van der Waals surface area contributed by atoms with E-state index >= 15 is 0 Å². The highest BCUT2D eigenvalue weighted by Crippen LogP contribution is 2.34. The third-order valence-electron chi connectivity index (χ3n) is 4.40. The summed E-state index contributed by atoms with van der Waals surface area (Å²) >= 11 is 1.54. The number of thiophene rings is 1. The fourth-order valence-corrected chi connectivity index (χ4v) is 4.36. The Hall–Kier alpha value is -2.34. The molecule has 2 fully saturated rings. The van der Waals surface area contributed by atoms with Crippen LogP contribution in [-0.2, 0) is 0 Å². The Bertz CT molecular complexity index is 778. The molecule has 118 valence electrons. The minimum Gasteiger partial charge on any atom is -0.336 e. The number of urea groups is 1. The molecule has 23 heavy (non-hydrogen) atoms. The Morgan fingerprint density at radius 2 is 2.00 bits per heavy atom. The van der Waals surface area contributed by atoms with E-state index in [1.54, 1.807) is 4.90 Å². The van der Waals surface area contributed by atoms with Crippen LogP contribution in [0.2, 0.25) is 0 Å². The number of rotatable bonds is 2. The van der Waals surface area contributed by atoms with Crippen molar-refractivity contribution in [1.29, 1.82) is 0 Å². The van der Waals surface area contributed by atoms with E-state index in [-0.39, 0.29) is 17.5 Å². The molecule has 1 aromatic heterocycles. The van der Waals surface area contributed by atoms with Crippen LogP contribution in [0, 0.1) is 6.92 Å². The number of carbonyl (C=O) groups excluding carboxylic acids is 2. The van der Waals surface area contributed by atoms with Crippen molar-refractivity contribution in [3.05, 3.63) is 46.8 Å². The fraction of sp³-hybridized carbons (Fsp3) is 0.294. The van der Waals surface area contributed by atoms with Gasteiger partial charge in [-0.05, 0) is 24.1 Å². The van der Waals surface area contributed by atoms with Crippen LogP contribution in [0.1, 0.15) is 15.2 Å². The number of nitrogens with zero attached hydrogens (tertiary/aromatic N) is 1. The molecule has 0 radical (unpaired) electrons. The van der Waals surface area contributed by atoms with Crippen LogP contribution in [0.3, 0.4) is 0 Å². The predicted octanol–water partition coefficient (Wildman–Crippen LogP) is 2.23. The molecule has 1 spiro atoms. The molecule has 0 bridgehead atoms. The largest absolute Gasteiger partial charge is 0.336 e. The molecule has 0 unspecified atom stereocenters. The molecule has 3 amide bonds. The van der Waals surface area contributed by atoms with Crippen molar-refractivity contribution < 1.29 is 9.59 Å². The van der Waals surface area contributed by atoms with Crippen LogP contribution in [0.15, 0.2) is 36.4 Å². The number of aryl methyl sites for hydroxylation is 1. The quantitative estimate of drug-likeness (QED) is 0.888. The van der Waals surface area contributed by atoms with Crippen molar-refractivity contribution in [2.24, 2.45) is 0 Å². The molecule has 5 nitrogen and oxygen atoms in total. The highest BCUT2D eigenvalue weighted by molar-refractivity contribution is 7.17. The van der Waals surface area contributed by atoms with Gasteiger partial charge in [-0.3, -0.25) is 4.79 Å². The Morgan fingerprint density at radius 1 is 1.26 bits per heavy atom. The molecule has 0 atom stereocenters. The second-order valence-electron chi connectivity index (χ2n) is 6.24. The van der Waals surface area contributed by atoms with E-state index in [0.29, 0.717) is 19.6 Å². The van der Waals surface area contributed by atoms with Crippen LogP contribution in [0.4, 0.5) is 4.79 Å². The van der Waals surface area contributed by atoms with Gasteiger partial charge >= 0.3 is 6.03 Å². The van der Waals surface area contributed by atoms with Gasteiger partial charge in [-0.25, -0.2) is 4.79 Å². The van der Waals surface area contributed by atoms with Crippen LogP contribution >= 0.6 is 11.3 Å². The van der Waals surface area contributed by atoms with Gasteiger partial charge in [0.15, 0.2) is 0 Å². The Kier molecular flexibility index (Phi) is 3.16. The van der Waals surface area contributed by atoms with Crippen molar-refractivity contribution in [3.63, 3.8) is 0 Å². The van der Waals surface area contributed by atoms with E-state index in [1.807, 2.05) is 31.2 Å². The first-order valence-electron chi connectivity index (χ1n) is 7.57. The summed E-state index contributed by atoms with van der Waals surface area (Å²) in [5.41, 5.74) is 2.00. The maximum Gasteiger partial charge on any atom is 0.315 e. The number of hydrogen-bond donors (Lipinski definition) is 2. The first kappa shape index (κ1) is 14.3. The maximum absolute atomic E-state index is 12.6. The van der Waals surface area contributed by atoms with Crippen LogP contribution < -0.4 is 10.6 Å². The summed E-state index contributed by atoms with van der Waals surface area (Å²) in [6, 6.07) is 11.9. The lowest BCUT2D eigenvalue weighted by Gasteiger charge is -2.46. The van der Waals surface area contributed by atoms with Gasteiger partial charge in [0.25, 0.3) is 5.91 Å². The fourth-order valence-electron chi connectivity index (χ4n) is 3.22. The molecule has 4 rings (SSSR count). The first-order chi connectivity index (χ1) is 11.1. The van der Waals surface area contributed by atoms with E-state index in [2.05, 4.69) is 22.8 Å². The zero-order valence-corrected chi connectivity index (χ0v) is 13.6. The molecule has 2 aliphatic rings. The Balaban J connectivity index is 1.51. The number of amides is 3. The summed E-state index contributed by atoms with van der Waals surface area (Å²) in [5.74, 6) is 0.0482. The topological polar surface area (TPSA) is 61.4 Å². The van der Waals surface area contributed by atoms with Gasteiger partial charge in [0.05, 0.1) is 10.4 Å². The van der Waals surface area contributed by atoms with Crippen molar-refractivity contribution in [1.82, 2.24) is 15.5 Å². The Labute approximate surface area is 138 Å². The second-order valence-corrected chi connectivity index (χ2v) is 7.29. The van der Waals surface area contributed by atoms with Crippen molar-refractivity contribution >= 4 is 23.3 Å². The lowest BCUT2D eigenvalue weighted by molar-refractivity contribution is 0.0402. The van der Waals surface area contributed by atoms with Crippen molar-refractivity contribution in [3.8, 4) is 10.4 Å². The minimum atomic E-state index is -0.263. The number of carbonyl (C=O) groups is 2. The molecule has 2 N–H and O–H groups in total. The van der Waals surface area contributed by atoms with Gasteiger partial charge in [0, 0.05) is 24.5 Å². The molecule has 2 aromatic rings. The predicted molar refractivity (Wildman–Crippen MR) is 89.7 cm³/mol. The van der Waals surface area contributed by atoms with E-state index in [0.717, 1.165) is 20.9 Å². The van der Waals surface area contributed by atoms with Crippen molar-refractivity contribution in [2.45, 2.75) is 12.5 Å². The van der Waals surface area contributed by atoms with Crippen molar-refractivity contribution in [2.75, 3.05) is 19.6 Å². The number of likely N-dealkylation sites (tertiary alicyclic amines) is 1. The van der Waals surface area contributed by atoms with Gasteiger partial charge in [-0.15, -0.1) is 11.3 Å². The van der Waals surface area contributed by atoms with E-state index in [1.165, 1.54) is 11.3 Å². The second kappa shape index (κ2) is 5.09. The smallest absolute Gasteiger partial charge is 0.315 e. The summed E-state index contributed by atoms with van der Waals surface area (Å²) in [5, 5.41) is 5.67. The summed E-state index contributed by atoms with van der Waals surface area (Å²) in [6.45, 7) is 3.77. The molecule has 0 saturated carbocycles. The number of hydrogen-bond acceptors (Lipinski definition) is 3. The van der Waals surface area contributed by atoms with E-state index < -0.39 is 0 Å². The molecular formula is C17H17N3O2S. The van der Waals surface area contributed by atoms with Crippen LogP contribution in [-0.4, -0.2) is 42.0 Å². The van der Waals surface area contributed by atoms with Gasteiger partial charge in [-0.1, -0.05) is 30.3 Å². The molecule has 2 saturated heterocycles. The molecule has 6 heteroatoms. The number of benzene rings is 1. The third kappa shape index (κ3) is 2.39. The van der Waals surface area contributed by atoms with Gasteiger partial charge in [0.1, 0.15) is 0 Å². The third-order valence-corrected chi connectivity index (χ3v) is 5.68. The Morgan fingerprint density at radius 3 is 2.65 bits per heavy atom. The van der Waals surface area contributed by atoms with E-state index in [9.17, 15) is 9.59 Å². The summed E-state index contributed by atoms with van der Waals surface area (Å²) in [6.07, 6.45) is 0. The maximum atomic E-state index is 12.6. The SMILES string of the molecule is Cc1cc(C(=O)N2CC3(CNC(=O)N3)C2)sc1-c1ccccc1. The molecule has 1 aromatic carbocycles. The normalized spacial score (nSPS) is 18.5. The lowest BCUT2D eigenvalue weighted by Crippen LogP contribution is -2.69.